The van der Waals surface area contributed by atoms with Gasteiger partial charge in [-0.25, -0.2) is 0 Å². The number of benzene rings is 3. The standard InChI is InChI=1S/C22H17NO/c1-2-9-17(10-3-1)21-19-12-6-7-13-20(19)23-15-14-16-8-4-5-11-18(16)22(23)24-21/h1-15,21-22H. The fraction of sp³-hybridized carbons (Fsp3) is 0.0909. The molecular weight excluding hydrogens is 294 g/mol. The molecule has 3 aromatic rings. The van der Waals surface area contributed by atoms with Crippen molar-refractivity contribution in [2.75, 3.05) is 4.90 Å². The van der Waals surface area contributed by atoms with Crippen molar-refractivity contribution in [3.63, 3.8) is 0 Å². The van der Waals surface area contributed by atoms with Crippen molar-refractivity contribution in [3.8, 4) is 0 Å². The Morgan fingerprint density at radius 1 is 0.708 bits per heavy atom. The minimum atomic E-state index is -0.0914. The highest BCUT2D eigenvalue weighted by Crippen LogP contribution is 2.47. The Hall–Kier alpha value is -2.84. The van der Waals surface area contributed by atoms with Crippen LogP contribution in [0.15, 0.2) is 85.1 Å². The SMILES string of the molecule is C1=CN2c3ccccc3C(c3ccccc3)OC2c2ccccc21. The minimum absolute atomic E-state index is 0.0526. The Bertz CT molecular complexity index is 916. The van der Waals surface area contributed by atoms with Gasteiger partial charge in [-0.2, -0.15) is 0 Å². The number of hydrogen-bond acceptors (Lipinski definition) is 2. The predicted octanol–water partition coefficient (Wildman–Crippen LogP) is 5.30. The first-order valence-corrected chi connectivity index (χ1v) is 8.26. The van der Waals surface area contributed by atoms with Crippen molar-refractivity contribution in [1.29, 1.82) is 0 Å². The first-order valence-electron chi connectivity index (χ1n) is 8.26. The van der Waals surface area contributed by atoms with Crippen molar-refractivity contribution in [2.24, 2.45) is 0 Å². The molecule has 0 bridgehead atoms. The molecule has 0 saturated carbocycles. The van der Waals surface area contributed by atoms with Crippen LogP contribution >= 0.6 is 0 Å². The van der Waals surface area contributed by atoms with Gasteiger partial charge >= 0.3 is 0 Å². The zero-order valence-electron chi connectivity index (χ0n) is 13.2. The molecule has 2 unspecified atom stereocenters. The highest BCUT2D eigenvalue weighted by atomic mass is 16.5. The van der Waals surface area contributed by atoms with Gasteiger partial charge in [-0.3, -0.25) is 0 Å². The average molecular weight is 311 g/mol. The van der Waals surface area contributed by atoms with E-state index in [1.165, 1.54) is 27.9 Å². The van der Waals surface area contributed by atoms with Crippen LogP contribution in [0.2, 0.25) is 0 Å². The topological polar surface area (TPSA) is 12.5 Å². The number of rotatable bonds is 1. The summed E-state index contributed by atoms with van der Waals surface area (Å²) in [7, 11) is 0. The maximum Gasteiger partial charge on any atom is 0.162 e. The lowest BCUT2D eigenvalue weighted by molar-refractivity contribution is -0.000348. The van der Waals surface area contributed by atoms with E-state index in [4.69, 9.17) is 4.74 Å². The number of hydrogen-bond donors (Lipinski definition) is 0. The molecular formula is C22H17NO. The quantitative estimate of drug-likeness (QED) is 0.605. The maximum absolute atomic E-state index is 6.60. The van der Waals surface area contributed by atoms with Crippen molar-refractivity contribution in [1.82, 2.24) is 0 Å². The summed E-state index contributed by atoms with van der Waals surface area (Å²) in [5.74, 6) is 0. The predicted molar refractivity (Wildman–Crippen MR) is 96.5 cm³/mol. The van der Waals surface area contributed by atoms with Gasteiger partial charge < -0.3 is 9.64 Å². The summed E-state index contributed by atoms with van der Waals surface area (Å²) in [4.78, 5) is 2.23. The molecule has 0 fully saturated rings. The van der Waals surface area contributed by atoms with Crippen LogP contribution in [0.25, 0.3) is 6.08 Å². The fourth-order valence-corrected chi connectivity index (χ4v) is 3.65. The highest BCUT2D eigenvalue weighted by molar-refractivity contribution is 5.69. The van der Waals surface area contributed by atoms with E-state index in [-0.39, 0.29) is 12.3 Å². The molecule has 2 heteroatoms. The molecule has 0 N–H and O–H groups in total. The van der Waals surface area contributed by atoms with E-state index >= 15 is 0 Å². The molecule has 2 heterocycles. The number of anilines is 1. The molecule has 2 aliphatic heterocycles. The first-order chi connectivity index (χ1) is 11.9. The fourth-order valence-electron chi connectivity index (χ4n) is 3.65. The zero-order chi connectivity index (χ0) is 15.9. The molecule has 5 rings (SSSR count). The zero-order valence-corrected chi connectivity index (χ0v) is 13.2. The Balaban J connectivity index is 1.69. The van der Waals surface area contributed by atoms with E-state index in [0.29, 0.717) is 0 Å². The lowest BCUT2D eigenvalue weighted by atomic mass is 9.94. The summed E-state index contributed by atoms with van der Waals surface area (Å²) >= 11 is 0. The second kappa shape index (κ2) is 5.36. The number of ether oxygens (including phenoxy) is 1. The molecule has 2 atom stereocenters. The van der Waals surface area contributed by atoms with Gasteiger partial charge in [-0.15, -0.1) is 0 Å². The molecule has 3 aromatic carbocycles. The van der Waals surface area contributed by atoms with Crippen LogP contribution in [0.3, 0.4) is 0 Å². The third kappa shape index (κ3) is 2.00. The van der Waals surface area contributed by atoms with E-state index < -0.39 is 0 Å². The molecule has 0 saturated heterocycles. The second-order valence-electron chi connectivity index (χ2n) is 6.19. The van der Waals surface area contributed by atoms with E-state index in [1.54, 1.807) is 0 Å². The molecule has 0 spiro atoms. The van der Waals surface area contributed by atoms with Gasteiger partial charge in [0.1, 0.15) is 6.10 Å². The van der Waals surface area contributed by atoms with Crippen LogP contribution < -0.4 is 4.90 Å². The molecule has 116 valence electrons. The first kappa shape index (κ1) is 13.6. The molecule has 2 aliphatic rings. The minimum Gasteiger partial charge on any atom is -0.341 e. The summed E-state index contributed by atoms with van der Waals surface area (Å²) in [5, 5.41) is 0. The van der Waals surface area contributed by atoms with Crippen LogP contribution in [0.5, 0.6) is 0 Å². The molecule has 2 nitrogen and oxygen atoms in total. The lowest BCUT2D eigenvalue weighted by Crippen LogP contribution is -2.35. The van der Waals surface area contributed by atoms with E-state index in [9.17, 15) is 0 Å². The van der Waals surface area contributed by atoms with Gasteiger partial charge in [0.05, 0.1) is 0 Å². The Labute approximate surface area is 141 Å². The Kier molecular flexibility index (Phi) is 3.03. The summed E-state index contributed by atoms with van der Waals surface area (Å²) in [6.45, 7) is 0. The summed E-state index contributed by atoms with van der Waals surface area (Å²) in [6, 6.07) is 27.4. The van der Waals surface area contributed by atoms with Crippen LogP contribution in [0.4, 0.5) is 5.69 Å². The highest BCUT2D eigenvalue weighted by Gasteiger charge is 2.36. The Morgan fingerprint density at radius 3 is 2.29 bits per heavy atom. The van der Waals surface area contributed by atoms with Crippen LogP contribution in [-0.2, 0) is 4.74 Å². The van der Waals surface area contributed by atoms with Gasteiger partial charge in [0, 0.05) is 23.0 Å². The number of nitrogens with zero attached hydrogens (tertiary/aromatic N) is 1. The van der Waals surface area contributed by atoms with Gasteiger partial charge in [-0.1, -0.05) is 72.8 Å². The average Bonchev–Trinajstić information content (AvgIpc) is 2.67. The van der Waals surface area contributed by atoms with Crippen LogP contribution in [0, 0.1) is 0 Å². The normalized spacial score (nSPS) is 20.9. The van der Waals surface area contributed by atoms with Crippen molar-refractivity contribution in [3.05, 3.63) is 107 Å². The largest absolute Gasteiger partial charge is 0.341 e. The summed E-state index contributed by atoms with van der Waals surface area (Å²) in [5.41, 5.74) is 6.06. The van der Waals surface area contributed by atoms with Gasteiger partial charge in [0.15, 0.2) is 6.23 Å². The molecule has 0 amide bonds. The van der Waals surface area contributed by atoms with Gasteiger partial charge in [0.25, 0.3) is 0 Å². The van der Waals surface area contributed by atoms with Crippen molar-refractivity contribution < 1.29 is 4.74 Å². The molecule has 24 heavy (non-hydrogen) atoms. The molecule has 0 aliphatic carbocycles. The maximum atomic E-state index is 6.60. The van der Waals surface area contributed by atoms with Crippen LogP contribution in [0.1, 0.15) is 34.6 Å². The summed E-state index contributed by atoms with van der Waals surface area (Å²) < 4.78 is 6.60. The summed E-state index contributed by atoms with van der Waals surface area (Å²) in [6.07, 6.45) is 4.15. The van der Waals surface area contributed by atoms with E-state index in [0.717, 1.165) is 0 Å². The van der Waals surface area contributed by atoms with E-state index in [1.807, 2.05) is 6.07 Å². The van der Waals surface area contributed by atoms with E-state index in [2.05, 4.69) is 90.0 Å². The monoisotopic (exact) mass is 311 g/mol. The van der Waals surface area contributed by atoms with Gasteiger partial charge in [0.2, 0.25) is 0 Å². The third-order valence-electron chi connectivity index (χ3n) is 4.79. The van der Waals surface area contributed by atoms with Crippen molar-refractivity contribution >= 4 is 11.8 Å². The van der Waals surface area contributed by atoms with Crippen LogP contribution in [-0.4, -0.2) is 0 Å². The molecule has 0 radical (unpaired) electrons. The Morgan fingerprint density at radius 2 is 1.42 bits per heavy atom. The second-order valence-corrected chi connectivity index (χ2v) is 6.19. The van der Waals surface area contributed by atoms with Gasteiger partial charge in [-0.05, 0) is 23.3 Å². The number of para-hydroxylation sites is 1. The lowest BCUT2D eigenvalue weighted by Gasteiger charge is -2.43. The smallest absolute Gasteiger partial charge is 0.162 e. The molecule has 0 aromatic heterocycles. The van der Waals surface area contributed by atoms with Crippen molar-refractivity contribution in [2.45, 2.75) is 12.3 Å². The number of fused-ring (bicyclic) bond motifs is 5. The third-order valence-corrected chi connectivity index (χ3v) is 4.79.